The van der Waals surface area contributed by atoms with Crippen LogP contribution in [0.2, 0.25) is 0 Å². The normalized spacial score (nSPS) is 20.4. The van der Waals surface area contributed by atoms with E-state index < -0.39 is 0 Å². The summed E-state index contributed by atoms with van der Waals surface area (Å²) in [6, 6.07) is 0. The first kappa shape index (κ1) is 18.0. The molecule has 0 N–H and O–H groups in total. The number of hydrogen-bond donors (Lipinski definition) is 0. The maximum atomic E-state index is 6.09. The third-order valence-electron chi connectivity index (χ3n) is 4.94. The topological polar surface area (TPSA) is 55.4 Å². The van der Waals surface area contributed by atoms with E-state index in [4.69, 9.17) is 28.4 Å². The van der Waals surface area contributed by atoms with Crippen molar-refractivity contribution in [1.29, 1.82) is 0 Å². The highest BCUT2D eigenvalue weighted by Crippen LogP contribution is 2.59. The maximum absolute atomic E-state index is 6.09. The number of hydrogen-bond acceptors (Lipinski definition) is 8. The van der Waals surface area contributed by atoms with E-state index in [0.29, 0.717) is 39.6 Å². The first-order chi connectivity index (χ1) is 14.2. The summed E-state index contributed by atoms with van der Waals surface area (Å²) in [6.07, 6.45) is 0.845. The van der Waals surface area contributed by atoms with Crippen molar-refractivity contribution in [2.45, 2.75) is 13.8 Å². The molecule has 29 heavy (non-hydrogen) atoms. The van der Waals surface area contributed by atoms with Crippen molar-refractivity contribution in [2.75, 3.05) is 39.6 Å². The second-order valence-electron chi connectivity index (χ2n) is 6.80. The number of aryl methyl sites for hydroxylation is 1. The fraction of sp³-hybridized carbons (Fsp3) is 0.400. The van der Waals surface area contributed by atoms with Crippen LogP contribution in [0.15, 0.2) is 5.76 Å². The van der Waals surface area contributed by atoms with E-state index in [1.54, 1.807) is 34.0 Å². The lowest BCUT2D eigenvalue weighted by Gasteiger charge is -2.19. The molecule has 1 fully saturated rings. The van der Waals surface area contributed by atoms with Crippen LogP contribution in [0.1, 0.15) is 16.7 Å². The van der Waals surface area contributed by atoms with Crippen molar-refractivity contribution < 1.29 is 28.4 Å². The van der Waals surface area contributed by atoms with Gasteiger partial charge in [0, 0.05) is 11.8 Å². The van der Waals surface area contributed by atoms with Crippen molar-refractivity contribution in [3.8, 4) is 32.8 Å². The van der Waals surface area contributed by atoms with Crippen molar-refractivity contribution in [3.05, 3.63) is 21.6 Å². The summed E-state index contributed by atoms with van der Waals surface area (Å²) in [6.45, 7) is 7.44. The summed E-state index contributed by atoms with van der Waals surface area (Å²) in [5.74, 6) is 4.04. The van der Waals surface area contributed by atoms with Gasteiger partial charge in [-0.1, -0.05) is 0 Å². The van der Waals surface area contributed by atoms with Crippen molar-refractivity contribution in [3.63, 3.8) is 0 Å². The lowest BCUT2D eigenvalue weighted by molar-refractivity contribution is 0.0387. The van der Waals surface area contributed by atoms with E-state index in [0.717, 1.165) is 64.1 Å². The molecule has 0 amide bonds. The molecule has 4 aliphatic heterocycles. The summed E-state index contributed by atoms with van der Waals surface area (Å²) >= 11 is 5.00. The molecule has 1 saturated heterocycles. The van der Waals surface area contributed by atoms with Crippen molar-refractivity contribution in [2.24, 2.45) is 0 Å². The highest BCUT2D eigenvalue weighted by molar-refractivity contribution is 7.89. The summed E-state index contributed by atoms with van der Waals surface area (Å²) in [5, 5.41) is 0. The highest BCUT2D eigenvalue weighted by atomic mass is 32.1. The molecule has 0 saturated carbocycles. The van der Waals surface area contributed by atoms with Gasteiger partial charge in [-0.05, 0) is 6.92 Å². The van der Waals surface area contributed by atoms with Crippen LogP contribution in [0.4, 0.5) is 0 Å². The Kier molecular flexibility index (Phi) is 4.26. The second-order valence-corrected chi connectivity index (χ2v) is 10.3. The molecule has 0 bridgehead atoms. The van der Waals surface area contributed by atoms with E-state index in [2.05, 4.69) is 13.8 Å². The van der Waals surface area contributed by atoms with Crippen LogP contribution in [0.5, 0.6) is 23.0 Å². The first-order valence-electron chi connectivity index (χ1n) is 9.43. The van der Waals surface area contributed by atoms with Gasteiger partial charge in [-0.15, -0.1) is 22.7 Å². The molecule has 9 heteroatoms. The van der Waals surface area contributed by atoms with Crippen molar-refractivity contribution in [1.82, 2.24) is 0 Å². The van der Waals surface area contributed by atoms with E-state index in [1.807, 2.05) is 0 Å². The fourth-order valence-electron chi connectivity index (χ4n) is 3.74. The van der Waals surface area contributed by atoms with Gasteiger partial charge < -0.3 is 28.4 Å². The molecule has 0 unspecified atom stereocenters. The highest BCUT2D eigenvalue weighted by Gasteiger charge is 2.47. The molecule has 6 nitrogen and oxygen atoms in total. The molecule has 0 spiro atoms. The van der Waals surface area contributed by atoms with Crippen molar-refractivity contribution >= 4 is 43.8 Å². The lowest BCUT2D eigenvalue weighted by atomic mass is 10.2. The molecule has 6 heterocycles. The van der Waals surface area contributed by atoms with Gasteiger partial charge in [0.2, 0.25) is 22.0 Å². The van der Waals surface area contributed by atoms with Gasteiger partial charge >= 0.3 is 0 Å². The first-order valence-corrected chi connectivity index (χ1v) is 11.9. The zero-order valence-corrected chi connectivity index (χ0v) is 18.4. The Balaban J connectivity index is 1.54. The van der Waals surface area contributed by atoms with Crippen LogP contribution in [0.25, 0.3) is 14.7 Å². The number of rotatable bonds is 2. The molecule has 2 aromatic rings. The third-order valence-corrected chi connectivity index (χ3v) is 8.55. The van der Waals surface area contributed by atoms with Crippen LogP contribution in [-0.4, -0.2) is 44.5 Å². The Morgan fingerprint density at radius 3 is 1.93 bits per heavy atom. The van der Waals surface area contributed by atoms with Gasteiger partial charge in [0.05, 0.1) is 16.4 Å². The fourth-order valence-corrected chi connectivity index (χ4v) is 7.26. The standard InChI is InChI=1S/C20H18O6S3/c1-9-11-13(23-5-3-21-11)17(27-9)19-15-16(26-8-7-25-15)20(29-19)18-14-12(10(2)28-18)22-4-6-24-14/h3-8H2,1-2H3/q+1. The molecule has 151 valence electrons. The maximum Gasteiger partial charge on any atom is 0.292 e. The molecule has 6 rings (SSSR count). The van der Waals surface area contributed by atoms with Gasteiger partial charge in [0.25, 0.3) is 11.0 Å². The summed E-state index contributed by atoms with van der Waals surface area (Å²) in [4.78, 5) is 6.33. The van der Waals surface area contributed by atoms with Crippen LogP contribution in [0, 0.1) is 13.0 Å². The van der Waals surface area contributed by atoms with Gasteiger partial charge in [-0.25, -0.2) is 0 Å². The predicted octanol–water partition coefficient (Wildman–Crippen LogP) is 3.86. The number of ether oxygens (including phenoxy) is 6. The third kappa shape index (κ3) is 2.71. The zero-order chi connectivity index (χ0) is 19.5. The molecule has 0 aliphatic carbocycles. The minimum absolute atomic E-state index is 0.529. The van der Waals surface area contributed by atoms with Crippen LogP contribution >= 0.6 is 22.7 Å². The average molecular weight is 451 g/mol. The second kappa shape index (κ2) is 6.87. The van der Waals surface area contributed by atoms with E-state index in [1.165, 1.54) is 0 Å². The molecular weight excluding hydrogens is 432 g/mol. The van der Waals surface area contributed by atoms with Crippen LogP contribution in [0.3, 0.4) is 0 Å². The minimum atomic E-state index is 0.529. The van der Waals surface area contributed by atoms with Crippen LogP contribution < -0.4 is 18.9 Å². The Labute approximate surface area is 179 Å². The molecular formula is C20H18O6S3+. The monoisotopic (exact) mass is 450 g/mol. The van der Waals surface area contributed by atoms with E-state index in [-0.39, 0.29) is 0 Å². The van der Waals surface area contributed by atoms with E-state index in [9.17, 15) is 0 Å². The quantitative estimate of drug-likeness (QED) is 0.512. The Morgan fingerprint density at radius 2 is 1.17 bits per heavy atom. The Hall–Kier alpha value is -1.81. The van der Waals surface area contributed by atoms with Gasteiger partial charge in [0.1, 0.15) is 37.9 Å². The van der Waals surface area contributed by atoms with E-state index >= 15 is 0 Å². The zero-order valence-electron chi connectivity index (χ0n) is 15.9. The van der Waals surface area contributed by atoms with Gasteiger partial charge in [0.15, 0.2) is 23.0 Å². The van der Waals surface area contributed by atoms with Crippen LogP contribution in [-0.2, 0) is 20.8 Å². The number of fused-ring (bicyclic) bond motifs is 3. The number of thiophene rings is 2. The molecule has 2 aromatic heterocycles. The predicted molar refractivity (Wildman–Crippen MR) is 114 cm³/mol. The Bertz CT molecular complexity index is 1060. The molecule has 4 aliphatic rings. The summed E-state index contributed by atoms with van der Waals surface area (Å²) in [7, 11) is 0. The summed E-state index contributed by atoms with van der Waals surface area (Å²) in [5.41, 5.74) is 0. The largest absolute Gasteiger partial charge is 0.486 e. The minimum Gasteiger partial charge on any atom is -0.486 e. The SMILES string of the molecule is CC1=[S+]C(c2sc(-c3sc(C)c4c3OCCO4)c3c2OCCO3)=C2OCCO[C]12. The summed E-state index contributed by atoms with van der Waals surface area (Å²) < 4.78 is 35.9. The molecule has 0 aromatic carbocycles. The average Bonchev–Trinajstić information content (AvgIpc) is 3.41. The molecule has 0 atom stereocenters. The Morgan fingerprint density at radius 1 is 0.621 bits per heavy atom. The smallest absolute Gasteiger partial charge is 0.292 e. The van der Waals surface area contributed by atoms with Gasteiger partial charge in [-0.2, -0.15) is 0 Å². The van der Waals surface area contributed by atoms with Gasteiger partial charge in [-0.3, -0.25) is 0 Å². The lowest BCUT2D eigenvalue weighted by Crippen LogP contribution is -2.22. The molecule has 1 radical (unpaired) electrons.